The number of nitrogens with one attached hydrogen (secondary N) is 1. The molecule has 38 heavy (non-hydrogen) atoms. The lowest BCUT2D eigenvalue weighted by Crippen LogP contribution is -2.47. The summed E-state index contributed by atoms with van der Waals surface area (Å²) in [6.45, 7) is 9.95. The van der Waals surface area contributed by atoms with E-state index in [0.29, 0.717) is 30.0 Å². The van der Waals surface area contributed by atoms with E-state index in [2.05, 4.69) is 16.5 Å². The van der Waals surface area contributed by atoms with E-state index in [1.165, 1.54) is 16.8 Å². The molecule has 2 heterocycles. The third kappa shape index (κ3) is 5.79. The number of carbonyl (C=O) groups excluding carboxylic acids is 2. The van der Waals surface area contributed by atoms with Gasteiger partial charge in [-0.2, -0.15) is 23.5 Å². The second kappa shape index (κ2) is 9.64. The second-order valence-electron chi connectivity index (χ2n) is 11.8. The maximum Gasteiger partial charge on any atom is 0.435 e. The molecule has 8 nitrogen and oxygen atoms in total. The number of benzene rings is 1. The Hall–Kier alpha value is -3.55. The molecular formula is C27H32F3N5O3. The Morgan fingerprint density at radius 3 is 2.58 bits per heavy atom. The number of hydrogen-bond donors (Lipinski definition) is 1. The lowest BCUT2D eigenvalue weighted by atomic mass is 9.75. The Bertz CT molecular complexity index is 1300. The van der Waals surface area contributed by atoms with Gasteiger partial charge >= 0.3 is 12.3 Å². The second-order valence-corrected chi connectivity index (χ2v) is 11.8. The summed E-state index contributed by atoms with van der Waals surface area (Å²) in [5.41, 5.74) is -1.48. The van der Waals surface area contributed by atoms with Crippen molar-refractivity contribution in [3.05, 3.63) is 40.7 Å². The zero-order chi connectivity index (χ0) is 28.0. The zero-order valence-electron chi connectivity index (χ0n) is 22.2. The minimum atomic E-state index is -4.78. The Kier molecular flexibility index (Phi) is 6.97. The highest BCUT2D eigenvalue weighted by molar-refractivity contribution is 6.00. The molecule has 1 saturated heterocycles. The summed E-state index contributed by atoms with van der Waals surface area (Å²) < 4.78 is 48.2. The summed E-state index contributed by atoms with van der Waals surface area (Å²) in [5, 5.41) is 16.8. The number of ketones is 1. The van der Waals surface area contributed by atoms with Gasteiger partial charge in [-0.25, -0.2) is 9.48 Å². The summed E-state index contributed by atoms with van der Waals surface area (Å²) in [4.78, 5) is 26.9. The molecule has 1 aliphatic heterocycles. The van der Waals surface area contributed by atoms with Crippen molar-refractivity contribution >= 4 is 17.6 Å². The van der Waals surface area contributed by atoms with Crippen LogP contribution in [0, 0.1) is 16.7 Å². The van der Waals surface area contributed by atoms with Crippen LogP contribution in [0.25, 0.3) is 5.69 Å². The number of likely N-dealkylation sites (tertiary alicyclic amines) is 1. The number of nitrogens with zero attached hydrogens (tertiary/aromatic N) is 4. The Balaban J connectivity index is 1.68. The third-order valence-electron chi connectivity index (χ3n) is 6.61. The van der Waals surface area contributed by atoms with Crippen LogP contribution >= 0.6 is 0 Å². The predicted octanol–water partition coefficient (Wildman–Crippen LogP) is 5.73. The smallest absolute Gasteiger partial charge is 0.435 e. The topological polar surface area (TPSA) is 100 Å². The Labute approximate surface area is 219 Å². The highest BCUT2D eigenvalue weighted by atomic mass is 19.4. The summed E-state index contributed by atoms with van der Waals surface area (Å²) in [6.07, 6.45) is -3.51. The molecule has 204 valence electrons. The number of Topliss-reactive ketones (excluding diaryl/α,β-unsaturated/α-hetero) is 1. The van der Waals surface area contributed by atoms with E-state index >= 15 is 0 Å². The van der Waals surface area contributed by atoms with Crippen LogP contribution in [0.5, 0.6) is 0 Å². The number of amides is 1. The number of halogens is 3. The maximum atomic E-state index is 13.9. The minimum absolute atomic E-state index is 0.00474. The molecule has 1 aromatic carbocycles. The van der Waals surface area contributed by atoms with Crippen LogP contribution in [-0.2, 0) is 17.3 Å². The first-order valence-electron chi connectivity index (χ1n) is 12.6. The number of anilines is 1. The summed E-state index contributed by atoms with van der Waals surface area (Å²) in [6, 6.07) is 6.53. The number of nitriles is 1. The van der Waals surface area contributed by atoms with Gasteiger partial charge in [-0.15, -0.1) is 0 Å². The van der Waals surface area contributed by atoms with Gasteiger partial charge in [0.2, 0.25) is 0 Å². The largest absolute Gasteiger partial charge is 0.444 e. The summed E-state index contributed by atoms with van der Waals surface area (Å²) in [7, 11) is 0. The van der Waals surface area contributed by atoms with E-state index < -0.39 is 34.8 Å². The lowest BCUT2D eigenvalue weighted by Gasteiger charge is -2.35. The average Bonchev–Trinajstić information content (AvgIpc) is 3.17. The molecule has 1 amide bonds. The predicted molar refractivity (Wildman–Crippen MR) is 134 cm³/mol. The quantitative estimate of drug-likeness (QED) is 0.543. The molecule has 0 unspecified atom stereocenters. The van der Waals surface area contributed by atoms with E-state index in [1.54, 1.807) is 31.7 Å². The Morgan fingerprint density at radius 1 is 1.24 bits per heavy atom. The highest BCUT2D eigenvalue weighted by Crippen LogP contribution is 2.42. The molecule has 0 bridgehead atoms. The molecule has 1 atom stereocenters. The zero-order valence-corrected chi connectivity index (χ0v) is 22.2. The number of hydrogen-bond acceptors (Lipinski definition) is 6. The number of rotatable bonds is 3. The van der Waals surface area contributed by atoms with E-state index in [0.717, 1.165) is 12.8 Å². The van der Waals surface area contributed by atoms with Crippen LogP contribution in [0.4, 0.5) is 23.7 Å². The van der Waals surface area contributed by atoms with Crippen LogP contribution in [0.1, 0.15) is 81.2 Å². The molecule has 0 spiro atoms. The normalized spacial score (nSPS) is 19.5. The van der Waals surface area contributed by atoms with Crippen LogP contribution < -0.4 is 5.32 Å². The molecule has 2 aliphatic rings. The van der Waals surface area contributed by atoms with Gasteiger partial charge in [-0.05, 0) is 63.6 Å². The summed E-state index contributed by atoms with van der Waals surface area (Å²) in [5.74, 6) is -0.578. The SMILES string of the molecule is CC1(C)CC(=O)c2c(C(F)(F)F)nn(-c3ccc(C#N)c(N[C@H]4CCCN(C(=O)OC(C)(C)C)C4)c3)c2C1. The molecule has 11 heteroatoms. The van der Waals surface area contributed by atoms with Crippen molar-refractivity contribution in [2.24, 2.45) is 5.41 Å². The van der Waals surface area contributed by atoms with Crippen LogP contribution in [0.15, 0.2) is 18.2 Å². The lowest BCUT2D eigenvalue weighted by molar-refractivity contribution is -0.141. The molecule has 1 N–H and O–H groups in total. The number of aromatic nitrogens is 2. The highest BCUT2D eigenvalue weighted by Gasteiger charge is 2.45. The fourth-order valence-electron chi connectivity index (χ4n) is 5.05. The van der Waals surface area contributed by atoms with Crippen molar-refractivity contribution < 1.29 is 27.5 Å². The molecule has 1 fully saturated rings. The van der Waals surface area contributed by atoms with Crippen LogP contribution in [0.2, 0.25) is 0 Å². The molecule has 4 rings (SSSR count). The average molecular weight is 532 g/mol. The summed E-state index contributed by atoms with van der Waals surface area (Å²) >= 11 is 0. The van der Waals surface area contributed by atoms with Gasteiger partial charge in [-0.1, -0.05) is 13.8 Å². The van der Waals surface area contributed by atoms with Crippen LogP contribution in [-0.4, -0.2) is 51.3 Å². The molecule has 0 saturated carbocycles. The monoisotopic (exact) mass is 531 g/mol. The van der Waals surface area contributed by atoms with E-state index in [-0.39, 0.29) is 30.1 Å². The maximum absolute atomic E-state index is 13.9. The van der Waals surface area contributed by atoms with Crippen molar-refractivity contribution in [2.45, 2.75) is 78.1 Å². The first kappa shape index (κ1) is 27.5. The van der Waals surface area contributed by atoms with Gasteiger partial charge in [0, 0.05) is 25.6 Å². The molecule has 0 radical (unpaired) electrons. The molecule has 2 aromatic rings. The molecule has 1 aliphatic carbocycles. The number of piperidine rings is 1. The van der Waals surface area contributed by atoms with E-state index in [1.807, 2.05) is 13.8 Å². The van der Waals surface area contributed by atoms with Gasteiger partial charge < -0.3 is 15.0 Å². The third-order valence-corrected chi connectivity index (χ3v) is 6.61. The first-order chi connectivity index (χ1) is 17.6. The van der Waals surface area contributed by atoms with Gasteiger partial charge in [0.15, 0.2) is 11.5 Å². The van der Waals surface area contributed by atoms with E-state index in [9.17, 15) is 28.0 Å². The molecular weight excluding hydrogens is 499 g/mol. The standard InChI is InChI=1S/C27H32F3N5O3/c1-25(2,3)38-24(37)34-10-6-7-17(15-34)32-19-11-18(9-8-16(19)14-31)35-20-12-26(4,5)13-21(36)22(20)23(33-35)27(28,29)30/h8-9,11,17,32H,6-7,10,12-13,15H2,1-5H3/t17-/m0/s1. The van der Waals surface area contributed by atoms with Crippen molar-refractivity contribution in [3.63, 3.8) is 0 Å². The number of carbonyl (C=O) groups is 2. The van der Waals surface area contributed by atoms with Crippen molar-refractivity contribution in [2.75, 3.05) is 18.4 Å². The fourth-order valence-corrected chi connectivity index (χ4v) is 5.05. The first-order valence-corrected chi connectivity index (χ1v) is 12.6. The van der Waals surface area contributed by atoms with Crippen molar-refractivity contribution in [1.82, 2.24) is 14.7 Å². The van der Waals surface area contributed by atoms with Gasteiger partial charge in [0.05, 0.1) is 28.2 Å². The molecule has 1 aromatic heterocycles. The van der Waals surface area contributed by atoms with Crippen molar-refractivity contribution in [3.8, 4) is 11.8 Å². The number of alkyl halides is 3. The van der Waals surface area contributed by atoms with Crippen molar-refractivity contribution in [1.29, 1.82) is 5.26 Å². The number of ether oxygens (including phenoxy) is 1. The van der Waals surface area contributed by atoms with Gasteiger partial charge in [0.1, 0.15) is 11.7 Å². The van der Waals surface area contributed by atoms with E-state index in [4.69, 9.17) is 4.74 Å². The Morgan fingerprint density at radius 2 is 1.95 bits per heavy atom. The van der Waals surface area contributed by atoms with Gasteiger partial charge in [-0.3, -0.25) is 4.79 Å². The fraction of sp³-hybridized carbons (Fsp3) is 0.556. The minimum Gasteiger partial charge on any atom is -0.444 e. The van der Waals surface area contributed by atoms with Gasteiger partial charge in [0.25, 0.3) is 0 Å². The van der Waals surface area contributed by atoms with Crippen LogP contribution in [0.3, 0.4) is 0 Å². The number of fused-ring (bicyclic) bond motifs is 1.